The van der Waals surface area contributed by atoms with Crippen LogP contribution in [-0.4, -0.2) is 40.0 Å². The van der Waals surface area contributed by atoms with Gasteiger partial charge in [-0.2, -0.15) is 0 Å². The fraction of sp³-hybridized carbons (Fsp3) is 0.533. The average molecular weight is 276 g/mol. The fourth-order valence-corrected chi connectivity index (χ4v) is 2.60. The van der Waals surface area contributed by atoms with Gasteiger partial charge in [-0.1, -0.05) is 19.9 Å². The number of aromatic nitrogens is 1. The van der Waals surface area contributed by atoms with Crippen LogP contribution in [0.15, 0.2) is 18.2 Å². The highest BCUT2D eigenvalue weighted by molar-refractivity contribution is 5.94. The lowest BCUT2D eigenvalue weighted by Crippen LogP contribution is -2.40. The molecule has 20 heavy (non-hydrogen) atoms. The number of piperidine rings is 1. The molecule has 1 aromatic rings. The van der Waals surface area contributed by atoms with Crippen molar-refractivity contribution < 1.29 is 14.7 Å². The van der Waals surface area contributed by atoms with E-state index in [4.69, 9.17) is 5.11 Å². The van der Waals surface area contributed by atoms with Crippen molar-refractivity contribution >= 4 is 11.9 Å². The Kier molecular flexibility index (Phi) is 4.37. The Morgan fingerprint density at radius 1 is 1.25 bits per heavy atom. The SMILES string of the molecule is CC(C)C1CCN(C(=O)c2cccc(C(=O)O)n2)CC1. The van der Waals surface area contributed by atoms with E-state index in [2.05, 4.69) is 18.8 Å². The zero-order valence-corrected chi connectivity index (χ0v) is 11.9. The number of carbonyl (C=O) groups is 2. The number of pyridine rings is 1. The predicted molar refractivity (Wildman–Crippen MR) is 74.7 cm³/mol. The van der Waals surface area contributed by atoms with E-state index in [9.17, 15) is 9.59 Å². The van der Waals surface area contributed by atoms with Gasteiger partial charge in [-0.05, 0) is 36.8 Å². The lowest BCUT2D eigenvalue weighted by molar-refractivity contribution is 0.0660. The molecule has 108 valence electrons. The third kappa shape index (κ3) is 3.15. The highest BCUT2D eigenvalue weighted by Gasteiger charge is 2.26. The van der Waals surface area contributed by atoms with Crippen LogP contribution in [0.5, 0.6) is 0 Å². The quantitative estimate of drug-likeness (QED) is 0.919. The number of carboxylic acid groups (broad SMARTS) is 1. The lowest BCUT2D eigenvalue weighted by atomic mass is 9.86. The molecule has 0 unspecified atom stereocenters. The first-order valence-corrected chi connectivity index (χ1v) is 6.98. The zero-order chi connectivity index (χ0) is 14.7. The van der Waals surface area contributed by atoms with Gasteiger partial charge in [-0.25, -0.2) is 9.78 Å². The van der Waals surface area contributed by atoms with Crippen molar-refractivity contribution in [3.8, 4) is 0 Å². The maximum Gasteiger partial charge on any atom is 0.354 e. The smallest absolute Gasteiger partial charge is 0.354 e. The van der Waals surface area contributed by atoms with Crippen LogP contribution in [0.2, 0.25) is 0 Å². The number of rotatable bonds is 3. The molecule has 1 aromatic heterocycles. The van der Waals surface area contributed by atoms with Crippen LogP contribution in [0, 0.1) is 11.8 Å². The molecule has 2 heterocycles. The molecule has 0 atom stereocenters. The van der Waals surface area contributed by atoms with Crippen molar-refractivity contribution in [1.29, 1.82) is 0 Å². The molecule has 1 aliphatic heterocycles. The number of nitrogens with zero attached hydrogens (tertiary/aromatic N) is 2. The summed E-state index contributed by atoms with van der Waals surface area (Å²) >= 11 is 0. The summed E-state index contributed by atoms with van der Waals surface area (Å²) in [5.74, 6) is 0.0200. The maximum atomic E-state index is 12.3. The summed E-state index contributed by atoms with van der Waals surface area (Å²) in [7, 11) is 0. The van der Waals surface area contributed by atoms with E-state index in [-0.39, 0.29) is 17.3 Å². The largest absolute Gasteiger partial charge is 0.477 e. The average Bonchev–Trinajstić information content (AvgIpc) is 2.46. The van der Waals surface area contributed by atoms with Crippen LogP contribution < -0.4 is 0 Å². The number of hydrogen-bond donors (Lipinski definition) is 1. The molecule has 1 amide bonds. The summed E-state index contributed by atoms with van der Waals surface area (Å²) in [5.41, 5.74) is 0.126. The number of aromatic carboxylic acids is 1. The summed E-state index contributed by atoms with van der Waals surface area (Å²) in [5, 5.41) is 8.91. The van der Waals surface area contributed by atoms with Crippen LogP contribution in [0.4, 0.5) is 0 Å². The first-order chi connectivity index (χ1) is 9.49. The zero-order valence-electron chi connectivity index (χ0n) is 11.9. The van der Waals surface area contributed by atoms with Crippen LogP contribution in [-0.2, 0) is 0 Å². The highest BCUT2D eigenvalue weighted by Crippen LogP contribution is 2.25. The Labute approximate surface area is 118 Å². The van der Waals surface area contributed by atoms with Crippen LogP contribution >= 0.6 is 0 Å². The van der Waals surface area contributed by atoms with Gasteiger partial charge in [-0.3, -0.25) is 4.79 Å². The normalized spacial score (nSPS) is 16.4. The van der Waals surface area contributed by atoms with Crippen LogP contribution in [0.25, 0.3) is 0 Å². The number of carbonyl (C=O) groups excluding carboxylic acids is 1. The summed E-state index contributed by atoms with van der Waals surface area (Å²) < 4.78 is 0. The maximum absolute atomic E-state index is 12.3. The first kappa shape index (κ1) is 14.5. The monoisotopic (exact) mass is 276 g/mol. The fourth-order valence-electron chi connectivity index (χ4n) is 2.60. The third-order valence-corrected chi connectivity index (χ3v) is 3.96. The standard InChI is InChI=1S/C15H20N2O3/c1-10(2)11-6-8-17(9-7-11)14(18)12-4-3-5-13(16-12)15(19)20/h3-5,10-11H,6-9H2,1-2H3,(H,19,20). The minimum Gasteiger partial charge on any atom is -0.477 e. The number of likely N-dealkylation sites (tertiary alicyclic amines) is 1. The summed E-state index contributed by atoms with van der Waals surface area (Å²) in [6, 6.07) is 4.53. The second-order valence-electron chi connectivity index (χ2n) is 5.59. The molecular weight excluding hydrogens is 256 g/mol. The molecule has 0 bridgehead atoms. The molecular formula is C15H20N2O3. The Bertz CT molecular complexity index is 506. The molecule has 5 nitrogen and oxygen atoms in total. The Morgan fingerprint density at radius 2 is 1.85 bits per heavy atom. The molecule has 0 aromatic carbocycles. The summed E-state index contributed by atoms with van der Waals surface area (Å²) in [6.07, 6.45) is 2.00. The van der Waals surface area contributed by atoms with Gasteiger partial charge in [0, 0.05) is 13.1 Å². The Balaban J connectivity index is 2.05. The topological polar surface area (TPSA) is 70.5 Å². The molecule has 1 aliphatic rings. The van der Waals surface area contributed by atoms with E-state index in [1.165, 1.54) is 6.07 Å². The van der Waals surface area contributed by atoms with Gasteiger partial charge in [0.1, 0.15) is 11.4 Å². The molecule has 1 N–H and O–H groups in total. The number of amides is 1. The van der Waals surface area contributed by atoms with Gasteiger partial charge in [0.05, 0.1) is 0 Å². The van der Waals surface area contributed by atoms with Crippen molar-refractivity contribution in [3.63, 3.8) is 0 Å². The summed E-state index contributed by atoms with van der Waals surface area (Å²) in [4.78, 5) is 28.9. The van der Waals surface area contributed by atoms with Gasteiger partial charge >= 0.3 is 5.97 Å². The van der Waals surface area contributed by atoms with Crippen LogP contribution in [0.3, 0.4) is 0 Å². The van der Waals surface area contributed by atoms with Gasteiger partial charge in [0.2, 0.25) is 0 Å². The molecule has 0 radical (unpaired) electrons. The van der Waals surface area contributed by atoms with Gasteiger partial charge in [0.15, 0.2) is 0 Å². The second kappa shape index (κ2) is 6.03. The van der Waals surface area contributed by atoms with E-state index < -0.39 is 5.97 Å². The van der Waals surface area contributed by atoms with E-state index in [1.807, 2.05) is 0 Å². The lowest BCUT2D eigenvalue weighted by Gasteiger charge is -2.33. The predicted octanol–water partition coefficient (Wildman–Crippen LogP) is 2.29. The number of carboxylic acids is 1. The van der Waals surface area contributed by atoms with E-state index in [0.29, 0.717) is 11.8 Å². The van der Waals surface area contributed by atoms with Crippen molar-refractivity contribution in [2.45, 2.75) is 26.7 Å². The molecule has 0 aliphatic carbocycles. The minimum absolute atomic E-state index is 0.0899. The third-order valence-electron chi connectivity index (χ3n) is 3.96. The molecule has 0 saturated carbocycles. The van der Waals surface area contributed by atoms with E-state index in [0.717, 1.165) is 25.9 Å². The Morgan fingerprint density at radius 3 is 2.40 bits per heavy atom. The molecule has 5 heteroatoms. The summed E-state index contributed by atoms with van der Waals surface area (Å²) in [6.45, 7) is 5.86. The second-order valence-corrected chi connectivity index (χ2v) is 5.59. The molecule has 1 fully saturated rings. The van der Waals surface area contributed by atoms with E-state index >= 15 is 0 Å². The minimum atomic E-state index is -1.11. The van der Waals surface area contributed by atoms with Crippen molar-refractivity contribution in [2.75, 3.05) is 13.1 Å². The van der Waals surface area contributed by atoms with E-state index in [1.54, 1.807) is 17.0 Å². The van der Waals surface area contributed by atoms with Gasteiger partial charge in [-0.15, -0.1) is 0 Å². The van der Waals surface area contributed by atoms with Crippen LogP contribution in [0.1, 0.15) is 47.7 Å². The highest BCUT2D eigenvalue weighted by atomic mass is 16.4. The molecule has 1 saturated heterocycles. The molecule has 2 rings (SSSR count). The van der Waals surface area contributed by atoms with Gasteiger partial charge in [0.25, 0.3) is 5.91 Å². The molecule has 0 spiro atoms. The van der Waals surface area contributed by atoms with Gasteiger partial charge < -0.3 is 10.0 Å². The van der Waals surface area contributed by atoms with Crippen molar-refractivity contribution in [1.82, 2.24) is 9.88 Å². The Hall–Kier alpha value is -1.91. The van der Waals surface area contributed by atoms with Crippen molar-refractivity contribution in [3.05, 3.63) is 29.6 Å². The first-order valence-electron chi connectivity index (χ1n) is 6.98. The van der Waals surface area contributed by atoms with Crippen molar-refractivity contribution in [2.24, 2.45) is 11.8 Å². The number of hydrogen-bond acceptors (Lipinski definition) is 3.